The molecule has 2 aromatic heterocycles. The van der Waals surface area contributed by atoms with Crippen molar-refractivity contribution in [1.29, 1.82) is 0 Å². The Labute approximate surface area is 271 Å². The average molecular weight is 644 g/mol. The first-order valence-electron chi connectivity index (χ1n) is 14.5. The smallest absolute Gasteiger partial charge is 0.224 e. The number of rotatable bonds is 9. The predicted molar refractivity (Wildman–Crippen MR) is 178 cm³/mol. The van der Waals surface area contributed by atoms with Crippen molar-refractivity contribution >= 4 is 46.2 Å². The van der Waals surface area contributed by atoms with Gasteiger partial charge in [0.15, 0.2) is 5.82 Å². The molecular formula is C33H34ClN7O3S. The van der Waals surface area contributed by atoms with Crippen LogP contribution in [0.5, 0.6) is 5.75 Å². The highest BCUT2D eigenvalue weighted by molar-refractivity contribution is 7.15. The third-order valence-electron chi connectivity index (χ3n) is 7.45. The minimum Gasteiger partial charge on any atom is -0.495 e. The first-order chi connectivity index (χ1) is 21.7. The van der Waals surface area contributed by atoms with Crippen LogP contribution in [-0.2, 0) is 9.59 Å². The Hall–Kier alpha value is -4.50. The molecule has 1 atom stereocenters. The number of aliphatic imine (C=N–C) groups is 1. The Bertz CT molecular complexity index is 1830. The lowest BCUT2D eigenvalue weighted by Gasteiger charge is -2.13. The van der Waals surface area contributed by atoms with E-state index in [-0.39, 0.29) is 31.2 Å². The first kappa shape index (κ1) is 31.9. The van der Waals surface area contributed by atoms with Gasteiger partial charge in [-0.2, -0.15) is 0 Å². The number of hydrogen-bond acceptors (Lipinski definition) is 8. The molecule has 5 rings (SSSR count). The number of nitrogens with one attached hydrogen (secondary N) is 2. The topological polar surface area (TPSA) is 137 Å². The van der Waals surface area contributed by atoms with Crippen molar-refractivity contribution in [3.8, 4) is 22.6 Å². The third-order valence-corrected chi connectivity index (χ3v) is 8.89. The molecule has 2 aromatic carbocycles. The minimum absolute atomic E-state index is 0.0770. The van der Waals surface area contributed by atoms with Gasteiger partial charge in [-0.15, -0.1) is 21.5 Å². The van der Waals surface area contributed by atoms with Gasteiger partial charge in [-0.3, -0.25) is 19.1 Å². The summed E-state index contributed by atoms with van der Waals surface area (Å²) in [7, 11) is 1.54. The number of anilines is 1. The van der Waals surface area contributed by atoms with E-state index in [1.165, 1.54) is 4.88 Å². The van der Waals surface area contributed by atoms with E-state index in [2.05, 4.69) is 46.5 Å². The second-order valence-corrected chi connectivity index (χ2v) is 12.2. The molecule has 2 amide bonds. The predicted octanol–water partition coefficient (Wildman–Crippen LogP) is 5.04. The van der Waals surface area contributed by atoms with Gasteiger partial charge in [-0.05, 0) is 57.0 Å². The number of nitrogens with two attached hydrogens (primary N) is 1. The van der Waals surface area contributed by atoms with Crippen LogP contribution in [0.3, 0.4) is 0 Å². The van der Waals surface area contributed by atoms with Crippen molar-refractivity contribution in [1.82, 2.24) is 20.1 Å². The zero-order valence-corrected chi connectivity index (χ0v) is 27.1. The van der Waals surface area contributed by atoms with Crippen LogP contribution in [-0.4, -0.2) is 52.5 Å². The Morgan fingerprint density at radius 3 is 2.62 bits per heavy atom. The summed E-state index contributed by atoms with van der Waals surface area (Å²) in [6.45, 7) is 6.65. The van der Waals surface area contributed by atoms with Gasteiger partial charge >= 0.3 is 0 Å². The highest BCUT2D eigenvalue weighted by atomic mass is 35.5. The molecule has 0 radical (unpaired) electrons. The maximum atomic E-state index is 13.2. The molecule has 0 bridgehead atoms. The number of benzene rings is 2. The highest BCUT2D eigenvalue weighted by Crippen LogP contribution is 2.39. The maximum absolute atomic E-state index is 13.2. The first-order valence-corrected chi connectivity index (χ1v) is 15.7. The fourth-order valence-corrected chi connectivity index (χ4v) is 6.44. The summed E-state index contributed by atoms with van der Waals surface area (Å²) in [4.78, 5) is 32.1. The van der Waals surface area contributed by atoms with Crippen LogP contribution in [0, 0.1) is 32.6 Å². The van der Waals surface area contributed by atoms with Gasteiger partial charge in [0.25, 0.3) is 0 Å². The van der Waals surface area contributed by atoms with Gasteiger partial charge in [0.1, 0.15) is 22.6 Å². The van der Waals surface area contributed by atoms with E-state index in [1.54, 1.807) is 36.6 Å². The molecule has 10 nitrogen and oxygen atoms in total. The fraction of sp³-hybridized carbons (Fsp3) is 0.303. The normalized spacial score (nSPS) is 13.5. The molecule has 232 valence electrons. The van der Waals surface area contributed by atoms with E-state index in [9.17, 15) is 9.59 Å². The highest BCUT2D eigenvalue weighted by Gasteiger charge is 2.32. The summed E-state index contributed by atoms with van der Waals surface area (Å²) in [5.41, 5.74) is 10.6. The van der Waals surface area contributed by atoms with E-state index in [4.69, 9.17) is 27.1 Å². The summed E-state index contributed by atoms with van der Waals surface area (Å²) < 4.78 is 7.39. The molecular weight excluding hydrogens is 610 g/mol. The molecule has 0 saturated carbocycles. The number of halogens is 1. The van der Waals surface area contributed by atoms with Crippen LogP contribution in [0.1, 0.15) is 64.1 Å². The molecule has 12 heteroatoms. The number of thiophene rings is 1. The number of fused-ring (bicyclic) bond motifs is 3. The number of nitrogens with zero attached hydrogens (tertiary/aromatic N) is 4. The maximum Gasteiger partial charge on any atom is 0.224 e. The van der Waals surface area contributed by atoms with Crippen LogP contribution >= 0.6 is 22.9 Å². The fourth-order valence-electron chi connectivity index (χ4n) is 5.10. The van der Waals surface area contributed by atoms with Gasteiger partial charge in [0, 0.05) is 45.7 Å². The van der Waals surface area contributed by atoms with Gasteiger partial charge in [0.2, 0.25) is 11.8 Å². The van der Waals surface area contributed by atoms with Crippen molar-refractivity contribution in [3.63, 3.8) is 0 Å². The van der Waals surface area contributed by atoms with E-state index in [0.29, 0.717) is 40.8 Å². The lowest BCUT2D eigenvalue weighted by atomic mass is 9.99. The number of aromatic nitrogens is 3. The summed E-state index contributed by atoms with van der Waals surface area (Å²) >= 11 is 7.85. The Morgan fingerprint density at radius 1 is 1.11 bits per heavy atom. The van der Waals surface area contributed by atoms with E-state index < -0.39 is 6.04 Å². The standard InChI is InChI=1S/C33H34ClN7O3S/c1-19-20(2)45-33-30(19)31(23-9-12-24(34)13-10-23)38-26(32-40-39-21(3)41(32)33)18-29(43)36-16-6-8-28(42)37-25-14-11-22(7-5-15-35)27(17-25)44-4/h9-14,17,26H,6,8,15-16,18,35H2,1-4H3,(H,36,43)(H,37,42)/t26-/m0/s1. The minimum atomic E-state index is -0.563. The van der Waals surface area contributed by atoms with Crippen LogP contribution in [0.15, 0.2) is 47.5 Å². The van der Waals surface area contributed by atoms with E-state index in [0.717, 1.165) is 33.2 Å². The number of aryl methyl sites for hydroxylation is 2. The van der Waals surface area contributed by atoms with E-state index >= 15 is 0 Å². The summed E-state index contributed by atoms with van der Waals surface area (Å²) in [6, 6.07) is 12.3. The largest absolute Gasteiger partial charge is 0.495 e. The Balaban J connectivity index is 1.25. The number of carbonyl (C=O) groups is 2. The third kappa shape index (κ3) is 7.09. The second-order valence-electron chi connectivity index (χ2n) is 10.5. The number of hydrogen-bond donors (Lipinski definition) is 3. The van der Waals surface area contributed by atoms with Gasteiger partial charge < -0.3 is 21.1 Å². The molecule has 4 aromatic rings. The van der Waals surface area contributed by atoms with Gasteiger partial charge in [-0.25, -0.2) is 0 Å². The van der Waals surface area contributed by atoms with Crippen LogP contribution in [0.2, 0.25) is 5.02 Å². The molecule has 0 spiro atoms. The molecule has 0 unspecified atom stereocenters. The second kappa shape index (κ2) is 14.1. The summed E-state index contributed by atoms with van der Waals surface area (Å²) in [5, 5.41) is 16.2. The van der Waals surface area contributed by atoms with Crippen molar-refractivity contribution in [3.05, 3.63) is 86.3 Å². The molecule has 0 saturated heterocycles. The molecule has 0 aliphatic carbocycles. The average Bonchev–Trinajstić information content (AvgIpc) is 3.50. The van der Waals surface area contributed by atoms with Crippen LogP contribution in [0.4, 0.5) is 5.69 Å². The zero-order valence-electron chi connectivity index (χ0n) is 25.5. The number of ether oxygens (including phenoxy) is 1. The lowest BCUT2D eigenvalue weighted by Crippen LogP contribution is -2.27. The van der Waals surface area contributed by atoms with Crippen LogP contribution in [0.25, 0.3) is 5.00 Å². The molecule has 45 heavy (non-hydrogen) atoms. The molecule has 1 aliphatic rings. The molecule has 4 N–H and O–H groups in total. The Morgan fingerprint density at radius 2 is 1.89 bits per heavy atom. The van der Waals surface area contributed by atoms with Crippen molar-refractivity contribution in [2.45, 2.75) is 46.1 Å². The number of carbonyl (C=O) groups excluding carboxylic acids is 2. The SMILES string of the molecule is COc1cc(NC(=O)CCCNC(=O)C[C@@H]2N=C(c3ccc(Cl)cc3)c3c(sc(C)c3C)-n3c(C)nnc32)ccc1C#CCN. The molecule has 1 aliphatic heterocycles. The number of amides is 2. The van der Waals surface area contributed by atoms with Gasteiger partial charge in [0.05, 0.1) is 31.4 Å². The van der Waals surface area contributed by atoms with Crippen LogP contribution < -0.4 is 21.1 Å². The van der Waals surface area contributed by atoms with Crippen molar-refractivity contribution in [2.75, 3.05) is 25.5 Å². The molecule has 3 heterocycles. The van der Waals surface area contributed by atoms with Crippen molar-refractivity contribution in [2.24, 2.45) is 10.7 Å². The Kier molecular flexibility index (Phi) is 9.98. The van der Waals surface area contributed by atoms with Crippen molar-refractivity contribution < 1.29 is 14.3 Å². The molecule has 0 fully saturated rings. The number of methoxy groups -OCH3 is 1. The monoisotopic (exact) mass is 643 g/mol. The zero-order chi connectivity index (χ0) is 32.1. The summed E-state index contributed by atoms with van der Waals surface area (Å²) in [5.74, 6) is 7.27. The lowest BCUT2D eigenvalue weighted by molar-refractivity contribution is -0.122. The van der Waals surface area contributed by atoms with Gasteiger partial charge in [-0.1, -0.05) is 35.6 Å². The summed E-state index contributed by atoms with van der Waals surface area (Å²) in [6.07, 6.45) is 0.767. The van der Waals surface area contributed by atoms with E-state index in [1.807, 2.05) is 35.8 Å². The quantitative estimate of drug-likeness (QED) is 0.173.